The molecule has 0 aliphatic heterocycles. The maximum absolute atomic E-state index is 12.8. The average molecular weight is 727 g/mol. The lowest BCUT2D eigenvalue weighted by atomic mass is 10.1. The van der Waals surface area contributed by atoms with Crippen molar-refractivity contribution in [2.45, 2.75) is 180 Å². The average Bonchev–Trinajstić information content (AvgIpc) is 3.06. The van der Waals surface area contributed by atoms with Gasteiger partial charge in [0.2, 0.25) is 5.91 Å². The minimum absolute atomic E-state index is 0.00820. The van der Waals surface area contributed by atoms with Crippen molar-refractivity contribution < 1.29 is 32.9 Å². The fraction of sp³-hybridized carbons (Fsp3) is 0.829. The molecule has 0 aromatic rings. The first-order chi connectivity index (χ1) is 24.0. The van der Waals surface area contributed by atoms with Gasteiger partial charge in [-0.25, -0.2) is 0 Å². The normalized spacial score (nSPS) is 14.9. The summed E-state index contributed by atoms with van der Waals surface area (Å²) in [6.45, 7) is 4.58. The van der Waals surface area contributed by atoms with Gasteiger partial charge in [0.1, 0.15) is 13.2 Å². The van der Waals surface area contributed by atoms with Crippen LogP contribution < -0.4 is 10.2 Å². The van der Waals surface area contributed by atoms with Gasteiger partial charge in [-0.3, -0.25) is 9.36 Å². The lowest BCUT2D eigenvalue weighted by molar-refractivity contribution is -0.870. The van der Waals surface area contributed by atoms with Gasteiger partial charge < -0.3 is 28.8 Å². The zero-order chi connectivity index (χ0) is 37.2. The zero-order valence-electron chi connectivity index (χ0n) is 33.1. The molecule has 50 heavy (non-hydrogen) atoms. The van der Waals surface area contributed by atoms with E-state index in [2.05, 4.69) is 43.5 Å². The second-order valence-corrected chi connectivity index (χ2v) is 16.4. The van der Waals surface area contributed by atoms with Crippen molar-refractivity contribution in [2.24, 2.45) is 0 Å². The predicted molar refractivity (Wildman–Crippen MR) is 210 cm³/mol. The number of quaternary nitrogens is 1. The Balaban J connectivity index is 4.57. The molecule has 2 N–H and O–H groups in total. The van der Waals surface area contributed by atoms with E-state index in [1.165, 1.54) is 89.9 Å². The lowest BCUT2D eigenvalue weighted by Gasteiger charge is -2.29. The molecule has 0 saturated carbocycles. The Labute approximate surface area is 308 Å². The van der Waals surface area contributed by atoms with E-state index < -0.39 is 26.6 Å². The monoisotopic (exact) mass is 727 g/mol. The number of hydrogen-bond donors (Lipinski definition) is 2. The van der Waals surface area contributed by atoms with Crippen LogP contribution in [-0.4, -0.2) is 68.5 Å². The van der Waals surface area contributed by atoms with E-state index in [0.29, 0.717) is 17.4 Å². The summed E-state index contributed by atoms with van der Waals surface area (Å²) in [5, 5.41) is 13.7. The van der Waals surface area contributed by atoms with Crippen molar-refractivity contribution in [3.8, 4) is 0 Å². The summed E-state index contributed by atoms with van der Waals surface area (Å²) in [4.78, 5) is 25.2. The number of hydrogen-bond acceptors (Lipinski definition) is 6. The Kier molecular flexibility index (Phi) is 32.7. The second-order valence-electron chi connectivity index (χ2n) is 15.0. The number of nitrogens with zero attached hydrogens (tertiary/aromatic N) is 1. The molecule has 3 atom stereocenters. The van der Waals surface area contributed by atoms with Crippen molar-refractivity contribution in [3.05, 3.63) is 36.5 Å². The molecule has 0 saturated heterocycles. The summed E-state index contributed by atoms with van der Waals surface area (Å²) in [5.41, 5.74) is 0. The van der Waals surface area contributed by atoms with Gasteiger partial charge in [-0.1, -0.05) is 140 Å². The third-order valence-electron chi connectivity index (χ3n) is 8.82. The number of allylic oxidation sites excluding steroid dienone is 5. The summed E-state index contributed by atoms with van der Waals surface area (Å²) in [6, 6.07) is -0.904. The van der Waals surface area contributed by atoms with Crippen molar-refractivity contribution >= 4 is 13.7 Å². The molecule has 0 aliphatic carbocycles. The first kappa shape index (κ1) is 48.7. The van der Waals surface area contributed by atoms with Gasteiger partial charge in [0, 0.05) is 6.42 Å². The Morgan fingerprint density at radius 1 is 0.680 bits per heavy atom. The van der Waals surface area contributed by atoms with E-state index >= 15 is 0 Å². The van der Waals surface area contributed by atoms with Crippen LogP contribution in [0, 0.1) is 0 Å². The van der Waals surface area contributed by atoms with Crippen LogP contribution in [0.5, 0.6) is 0 Å². The summed E-state index contributed by atoms with van der Waals surface area (Å²) in [6.07, 6.45) is 39.0. The highest BCUT2D eigenvalue weighted by atomic mass is 31.2. The van der Waals surface area contributed by atoms with Gasteiger partial charge in [-0.15, -0.1) is 0 Å². The maximum Gasteiger partial charge on any atom is 0.268 e. The summed E-state index contributed by atoms with van der Waals surface area (Å²) in [7, 11) is 1.23. The van der Waals surface area contributed by atoms with Crippen LogP contribution in [0.1, 0.15) is 168 Å². The molecular weight excluding hydrogens is 647 g/mol. The number of phosphoric ester groups is 1. The molecule has 0 aromatic heterocycles. The van der Waals surface area contributed by atoms with Crippen LogP contribution in [0.4, 0.5) is 0 Å². The highest BCUT2D eigenvalue weighted by molar-refractivity contribution is 7.45. The topological polar surface area (TPSA) is 108 Å². The van der Waals surface area contributed by atoms with E-state index in [9.17, 15) is 19.4 Å². The smallest absolute Gasteiger partial charge is 0.268 e. The first-order valence-corrected chi connectivity index (χ1v) is 21.8. The maximum atomic E-state index is 12.8. The molecule has 9 heteroatoms. The molecule has 0 heterocycles. The summed E-state index contributed by atoms with van der Waals surface area (Å²) >= 11 is 0. The number of carbonyl (C=O) groups is 1. The number of nitrogens with one attached hydrogen (secondary N) is 1. The van der Waals surface area contributed by atoms with E-state index in [0.717, 1.165) is 57.8 Å². The second kappa shape index (κ2) is 33.5. The minimum atomic E-state index is -4.59. The Hall–Kier alpha value is -1.28. The number of rotatable bonds is 36. The predicted octanol–water partition coefficient (Wildman–Crippen LogP) is 10.1. The van der Waals surface area contributed by atoms with E-state index in [4.69, 9.17) is 9.05 Å². The molecule has 0 rings (SSSR count). The molecular formula is C41H79N2O6P. The molecule has 1 amide bonds. The fourth-order valence-electron chi connectivity index (χ4n) is 5.51. The number of amides is 1. The third kappa shape index (κ3) is 35.1. The number of likely N-dealkylation sites (N-methyl/N-ethyl adjacent to an activating group) is 1. The summed E-state index contributed by atoms with van der Waals surface area (Å²) in [5.74, 6) is -0.219. The van der Waals surface area contributed by atoms with Crippen molar-refractivity contribution in [1.29, 1.82) is 0 Å². The quantitative estimate of drug-likeness (QED) is 0.0288. The highest BCUT2D eigenvalue weighted by Gasteiger charge is 2.23. The molecule has 0 spiro atoms. The van der Waals surface area contributed by atoms with Gasteiger partial charge >= 0.3 is 0 Å². The molecule has 0 radical (unpaired) electrons. The van der Waals surface area contributed by atoms with Gasteiger partial charge in [-0.2, -0.15) is 0 Å². The third-order valence-corrected chi connectivity index (χ3v) is 9.79. The van der Waals surface area contributed by atoms with Gasteiger partial charge in [0.15, 0.2) is 0 Å². The van der Waals surface area contributed by atoms with Crippen molar-refractivity contribution in [3.63, 3.8) is 0 Å². The van der Waals surface area contributed by atoms with Gasteiger partial charge in [0.05, 0.1) is 39.9 Å². The molecule has 0 aliphatic rings. The lowest BCUT2D eigenvalue weighted by Crippen LogP contribution is -2.45. The van der Waals surface area contributed by atoms with Crippen LogP contribution in [0.3, 0.4) is 0 Å². The number of aliphatic hydroxyl groups is 1. The van der Waals surface area contributed by atoms with Crippen LogP contribution in [-0.2, 0) is 18.4 Å². The number of aliphatic hydroxyl groups excluding tert-OH is 1. The largest absolute Gasteiger partial charge is 0.756 e. The van der Waals surface area contributed by atoms with Crippen LogP contribution in [0.25, 0.3) is 0 Å². The molecule has 0 aromatic carbocycles. The number of unbranched alkanes of at least 4 members (excludes halogenated alkanes) is 19. The van der Waals surface area contributed by atoms with Gasteiger partial charge in [-0.05, 0) is 57.8 Å². The molecule has 8 nitrogen and oxygen atoms in total. The van der Waals surface area contributed by atoms with Crippen LogP contribution in [0.15, 0.2) is 36.5 Å². The Morgan fingerprint density at radius 2 is 1.12 bits per heavy atom. The summed E-state index contributed by atoms with van der Waals surface area (Å²) < 4.78 is 23.1. The van der Waals surface area contributed by atoms with E-state index in [1.54, 1.807) is 6.08 Å². The molecule has 0 fully saturated rings. The fourth-order valence-corrected chi connectivity index (χ4v) is 6.24. The standard InChI is InChI=1S/C41H79N2O6P/c1-6-8-10-12-14-16-18-20-22-24-26-28-30-32-34-40(44)39(38-49-50(46,47)48-37-36-43(3,4)5)42-41(45)35-33-31-29-27-25-23-21-19-17-15-13-11-9-7-2/h19,21,24,26,32,34,39-40,44H,6-18,20,22-23,25,27-31,33,35-38H2,1-5H3,(H-,42,45,46,47)/b21-19+,26-24+,34-32+/t39-,40+/m0/s1. The Bertz CT molecular complexity index is 917. The SMILES string of the molecule is CCCCCCC/C=C/CCCCCCCC(=O)N[C@@H](COP(=O)([O-])OCC[N+](C)(C)C)[C@H](O)/C=C/CC/C=C/CCCCCCCCCC. The molecule has 1 unspecified atom stereocenters. The number of phosphoric acid groups is 1. The minimum Gasteiger partial charge on any atom is -0.756 e. The number of carbonyl (C=O) groups excluding carboxylic acids is 1. The van der Waals surface area contributed by atoms with E-state index in [-0.39, 0.29) is 12.5 Å². The highest BCUT2D eigenvalue weighted by Crippen LogP contribution is 2.38. The van der Waals surface area contributed by atoms with Gasteiger partial charge in [0.25, 0.3) is 7.82 Å². The zero-order valence-corrected chi connectivity index (χ0v) is 34.0. The Morgan fingerprint density at radius 3 is 1.62 bits per heavy atom. The van der Waals surface area contributed by atoms with E-state index in [1.807, 2.05) is 27.2 Å². The van der Waals surface area contributed by atoms with Crippen LogP contribution in [0.2, 0.25) is 0 Å². The molecule has 0 bridgehead atoms. The first-order valence-electron chi connectivity index (χ1n) is 20.4. The van der Waals surface area contributed by atoms with Crippen molar-refractivity contribution in [2.75, 3.05) is 40.9 Å². The van der Waals surface area contributed by atoms with Crippen molar-refractivity contribution in [1.82, 2.24) is 5.32 Å². The van der Waals surface area contributed by atoms with Crippen LogP contribution >= 0.6 is 7.82 Å². The molecule has 294 valence electrons.